The Hall–Kier alpha value is -1.97. The molecule has 2 aromatic rings. The molecule has 1 aromatic carbocycles. The highest BCUT2D eigenvalue weighted by molar-refractivity contribution is 5.80. The summed E-state index contributed by atoms with van der Waals surface area (Å²) in [5.41, 5.74) is -0.139. The van der Waals surface area contributed by atoms with Gasteiger partial charge in [-0.15, -0.1) is 0 Å². The molecule has 0 fully saturated rings. The van der Waals surface area contributed by atoms with E-state index in [1.54, 1.807) is 12.3 Å². The van der Waals surface area contributed by atoms with Crippen molar-refractivity contribution in [2.24, 2.45) is 0 Å². The third-order valence-corrected chi connectivity index (χ3v) is 2.44. The number of aromatic nitrogens is 2. The number of Topliss-reactive ketones (excluding diaryl/α,β-unsaturated/α-hetero) is 1. The van der Waals surface area contributed by atoms with E-state index in [1.165, 1.54) is 11.6 Å². The lowest BCUT2D eigenvalue weighted by Crippen LogP contribution is -2.23. The zero-order chi connectivity index (χ0) is 11.5. The van der Waals surface area contributed by atoms with Crippen molar-refractivity contribution in [3.8, 4) is 0 Å². The van der Waals surface area contributed by atoms with Gasteiger partial charge in [0.2, 0.25) is 0 Å². The first kappa shape index (κ1) is 10.5. The van der Waals surface area contributed by atoms with Gasteiger partial charge in [0.05, 0.1) is 18.1 Å². The van der Waals surface area contributed by atoms with Crippen LogP contribution >= 0.6 is 0 Å². The van der Waals surface area contributed by atoms with Gasteiger partial charge in [-0.2, -0.15) is 5.10 Å². The number of carbonyl (C=O) groups is 1. The average Bonchev–Trinajstić information content (AvgIpc) is 2.28. The quantitative estimate of drug-likeness (QED) is 0.778. The van der Waals surface area contributed by atoms with Crippen molar-refractivity contribution >= 4 is 16.6 Å². The Balaban J connectivity index is 2.45. The summed E-state index contributed by atoms with van der Waals surface area (Å²) in [6.07, 6.45) is 1.99. The van der Waals surface area contributed by atoms with Crippen LogP contribution in [0.2, 0.25) is 0 Å². The van der Waals surface area contributed by atoms with E-state index in [-0.39, 0.29) is 11.3 Å². The Morgan fingerprint density at radius 2 is 2.12 bits per heavy atom. The third-order valence-electron chi connectivity index (χ3n) is 2.44. The molecule has 1 aromatic heterocycles. The normalized spacial score (nSPS) is 10.6. The molecule has 0 aliphatic rings. The molecule has 0 unspecified atom stereocenters. The number of nitrogens with zero attached hydrogens (tertiary/aromatic N) is 2. The summed E-state index contributed by atoms with van der Waals surface area (Å²) < 4.78 is 1.34. The third kappa shape index (κ3) is 2.00. The van der Waals surface area contributed by atoms with Crippen LogP contribution in [-0.2, 0) is 11.3 Å². The van der Waals surface area contributed by atoms with Crippen molar-refractivity contribution in [3.05, 3.63) is 40.8 Å². The number of hydrogen-bond donors (Lipinski definition) is 0. The monoisotopic (exact) mass is 216 g/mol. The molecule has 0 atom stereocenters. The van der Waals surface area contributed by atoms with E-state index < -0.39 is 0 Å². The second kappa shape index (κ2) is 4.26. The van der Waals surface area contributed by atoms with Crippen LogP contribution in [0.5, 0.6) is 0 Å². The molecule has 0 aliphatic heterocycles. The molecule has 4 nitrogen and oxygen atoms in total. The van der Waals surface area contributed by atoms with Crippen LogP contribution in [0.4, 0.5) is 0 Å². The van der Waals surface area contributed by atoms with Gasteiger partial charge >= 0.3 is 0 Å². The number of hydrogen-bond acceptors (Lipinski definition) is 3. The number of rotatable bonds is 3. The molecule has 0 aliphatic carbocycles. The Morgan fingerprint density at radius 1 is 1.38 bits per heavy atom. The summed E-state index contributed by atoms with van der Waals surface area (Å²) in [6, 6.07) is 7.30. The first-order valence-corrected chi connectivity index (χ1v) is 5.13. The predicted octanol–water partition coefficient (Wildman–Crippen LogP) is 1.38. The van der Waals surface area contributed by atoms with Crippen LogP contribution in [0, 0.1) is 0 Å². The first-order valence-electron chi connectivity index (χ1n) is 5.13. The maximum atomic E-state index is 11.9. The first-order chi connectivity index (χ1) is 7.68. The van der Waals surface area contributed by atoms with Crippen LogP contribution in [0.15, 0.2) is 35.3 Å². The lowest BCUT2D eigenvalue weighted by atomic mass is 10.2. The van der Waals surface area contributed by atoms with Gasteiger partial charge < -0.3 is 0 Å². The van der Waals surface area contributed by atoms with Gasteiger partial charge in [-0.3, -0.25) is 9.59 Å². The average molecular weight is 216 g/mol. The minimum atomic E-state index is -0.139. The van der Waals surface area contributed by atoms with Crippen LogP contribution in [-0.4, -0.2) is 15.6 Å². The number of ketones is 1. The molecule has 4 heteroatoms. The van der Waals surface area contributed by atoms with Crippen molar-refractivity contribution in [1.29, 1.82) is 0 Å². The van der Waals surface area contributed by atoms with E-state index in [1.807, 2.05) is 18.2 Å². The fourth-order valence-electron chi connectivity index (χ4n) is 1.55. The summed E-state index contributed by atoms with van der Waals surface area (Å²) >= 11 is 0. The predicted molar refractivity (Wildman–Crippen MR) is 61.3 cm³/mol. The van der Waals surface area contributed by atoms with Crippen molar-refractivity contribution in [2.45, 2.75) is 19.9 Å². The van der Waals surface area contributed by atoms with Crippen molar-refractivity contribution in [1.82, 2.24) is 9.78 Å². The molecular weight excluding hydrogens is 204 g/mol. The van der Waals surface area contributed by atoms with E-state index in [0.29, 0.717) is 18.4 Å². The van der Waals surface area contributed by atoms with Crippen LogP contribution in [0.1, 0.15) is 13.3 Å². The lowest BCUT2D eigenvalue weighted by Gasteiger charge is -2.03. The maximum absolute atomic E-state index is 11.9. The van der Waals surface area contributed by atoms with E-state index in [9.17, 15) is 9.59 Å². The summed E-state index contributed by atoms with van der Waals surface area (Å²) in [5.74, 6) is 0.0573. The van der Waals surface area contributed by atoms with Crippen LogP contribution in [0.3, 0.4) is 0 Å². The maximum Gasteiger partial charge on any atom is 0.274 e. The molecule has 1 heterocycles. The van der Waals surface area contributed by atoms with E-state index in [0.717, 1.165) is 5.39 Å². The SMILES string of the molecule is CC(=O)CCn1ncc2ccccc2c1=O. The summed E-state index contributed by atoms with van der Waals surface area (Å²) in [5, 5.41) is 5.50. The number of benzene rings is 1. The molecule has 0 saturated heterocycles. The lowest BCUT2D eigenvalue weighted by molar-refractivity contribution is -0.117. The number of aryl methyl sites for hydroxylation is 1. The largest absolute Gasteiger partial charge is 0.300 e. The van der Waals surface area contributed by atoms with E-state index in [2.05, 4.69) is 5.10 Å². The Morgan fingerprint density at radius 3 is 2.88 bits per heavy atom. The van der Waals surface area contributed by atoms with Gasteiger partial charge in [0.1, 0.15) is 5.78 Å². The summed E-state index contributed by atoms with van der Waals surface area (Å²) in [4.78, 5) is 22.8. The van der Waals surface area contributed by atoms with E-state index in [4.69, 9.17) is 0 Å². The molecule has 82 valence electrons. The highest BCUT2D eigenvalue weighted by Crippen LogP contribution is 2.06. The highest BCUT2D eigenvalue weighted by atomic mass is 16.1. The molecule has 2 rings (SSSR count). The molecular formula is C12H12N2O2. The van der Waals surface area contributed by atoms with Crippen LogP contribution in [0.25, 0.3) is 10.8 Å². The smallest absolute Gasteiger partial charge is 0.274 e. The van der Waals surface area contributed by atoms with Crippen LogP contribution < -0.4 is 5.56 Å². The fourth-order valence-corrected chi connectivity index (χ4v) is 1.55. The van der Waals surface area contributed by atoms with Gasteiger partial charge in [0.25, 0.3) is 5.56 Å². The molecule has 0 amide bonds. The molecule has 0 saturated carbocycles. The molecule has 0 N–H and O–H groups in total. The summed E-state index contributed by atoms with van der Waals surface area (Å²) in [6.45, 7) is 1.85. The van der Waals surface area contributed by atoms with Gasteiger partial charge in [-0.25, -0.2) is 4.68 Å². The standard InChI is InChI=1S/C12H12N2O2/c1-9(15)6-7-14-12(16)11-5-3-2-4-10(11)8-13-14/h2-5,8H,6-7H2,1H3. The van der Waals surface area contributed by atoms with Crippen molar-refractivity contribution < 1.29 is 4.79 Å². The zero-order valence-corrected chi connectivity index (χ0v) is 9.01. The van der Waals surface area contributed by atoms with E-state index >= 15 is 0 Å². The Labute approximate surface area is 92.5 Å². The second-order valence-corrected chi connectivity index (χ2v) is 3.71. The van der Waals surface area contributed by atoms with Gasteiger partial charge in [0, 0.05) is 11.8 Å². The molecule has 0 radical (unpaired) electrons. The number of fused-ring (bicyclic) bond motifs is 1. The van der Waals surface area contributed by atoms with Crippen molar-refractivity contribution in [3.63, 3.8) is 0 Å². The zero-order valence-electron chi connectivity index (χ0n) is 9.01. The number of carbonyl (C=O) groups excluding carboxylic acids is 1. The van der Waals surface area contributed by atoms with Gasteiger partial charge in [-0.05, 0) is 13.0 Å². The van der Waals surface area contributed by atoms with Gasteiger partial charge in [0.15, 0.2) is 0 Å². The van der Waals surface area contributed by atoms with Gasteiger partial charge in [-0.1, -0.05) is 18.2 Å². The minimum absolute atomic E-state index is 0.0573. The minimum Gasteiger partial charge on any atom is -0.300 e. The molecule has 0 bridgehead atoms. The summed E-state index contributed by atoms with van der Waals surface area (Å²) in [7, 11) is 0. The highest BCUT2D eigenvalue weighted by Gasteiger charge is 2.03. The Bertz CT molecular complexity index is 587. The molecule has 0 spiro atoms. The molecule has 16 heavy (non-hydrogen) atoms. The topological polar surface area (TPSA) is 52.0 Å². The second-order valence-electron chi connectivity index (χ2n) is 3.71. The fraction of sp³-hybridized carbons (Fsp3) is 0.250. The van der Waals surface area contributed by atoms with Crippen molar-refractivity contribution in [2.75, 3.05) is 0 Å². The Kier molecular flexibility index (Phi) is 2.81.